The molecule has 37 heavy (non-hydrogen) atoms. The molecule has 1 aromatic carbocycles. The molecule has 5 N–H and O–H groups in total. The fraction of sp³-hybridized carbons (Fsp3) is 0.308. The summed E-state index contributed by atoms with van der Waals surface area (Å²) < 4.78 is 5.86. The van der Waals surface area contributed by atoms with Gasteiger partial charge < -0.3 is 31.2 Å². The SMILES string of the molecule is COc1c(C(C)Nc2ncnc(N)c2C(C)=N)cc(C#N)c(C)c1-c1ccnc(C(=O)N(C)CCO)c1. The van der Waals surface area contributed by atoms with Gasteiger partial charge in [-0.25, -0.2) is 9.97 Å². The molecule has 11 heteroatoms. The Bertz CT molecular complexity index is 1380. The van der Waals surface area contributed by atoms with Gasteiger partial charge in [-0.05, 0) is 50.1 Å². The van der Waals surface area contributed by atoms with E-state index in [1.54, 1.807) is 39.3 Å². The molecule has 1 unspecified atom stereocenters. The normalized spacial score (nSPS) is 11.4. The molecule has 0 fully saturated rings. The zero-order chi connectivity index (χ0) is 27.3. The molecule has 0 radical (unpaired) electrons. The molecule has 3 rings (SSSR count). The van der Waals surface area contributed by atoms with Crippen LogP contribution < -0.4 is 15.8 Å². The van der Waals surface area contributed by atoms with Crippen LogP contribution in [0.3, 0.4) is 0 Å². The Labute approximate surface area is 215 Å². The highest BCUT2D eigenvalue weighted by Gasteiger charge is 2.24. The van der Waals surface area contributed by atoms with Crippen LogP contribution in [0.15, 0.2) is 30.7 Å². The van der Waals surface area contributed by atoms with E-state index in [0.717, 1.165) is 0 Å². The van der Waals surface area contributed by atoms with E-state index < -0.39 is 6.04 Å². The second-order valence-electron chi connectivity index (χ2n) is 8.51. The van der Waals surface area contributed by atoms with Crippen molar-refractivity contribution in [2.45, 2.75) is 26.8 Å². The number of methoxy groups -OCH3 is 1. The van der Waals surface area contributed by atoms with Crippen molar-refractivity contribution in [2.75, 3.05) is 38.4 Å². The van der Waals surface area contributed by atoms with E-state index in [-0.39, 0.29) is 36.3 Å². The maximum absolute atomic E-state index is 12.8. The second-order valence-corrected chi connectivity index (χ2v) is 8.51. The van der Waals surface area contributed by atoms with Crippen molar-refractivity contribution in [3.05, 3.63) is 58.7 Å². The third kappa shape index (κ3) is 5.49. The third-order valence-corrected chi connectivity index (χ3v) is 6.01. The van der Waals surface area contributed by atoms with Gasteiger partial charge in [0.1, 0.15) is 29.4 Å². The molecule has 1 amide bonds. The zero-order valence-corrected chi connectivity index (χ0v) is 21.5. The molecule has 0 saturated carbocycles. The average Bonchev–Trinajstić information content (AvgIpc) is 2.87. The van der Waals surface area contributed by atoms with Crippen molar-refractivity contribution in [3.8, 4) is 22.9 Å². The monoisotopic (exact) mass is 502 g/mol. The Morgan fingerprint density at radius 1 is 1.35 bits per heavy atom. The molecule has 0 bridgehead atoms. The third-order valence-electron chi connectivity index (χ3n) is 6.01. The Morgan fingerprint density at radius 2 is 2.08 bits per heavy atom. The fourth-order valence-corrected chi connectivity index (χ4v) is 4.10. The van der Waals surface area contributed by atoms with Crippen LogP contribution in [0.5, 0.6) is 5.75 Å². The Kier molecular flexibility index (Phi) is 8.37. The lowest BCUT2D eigenvalue weighted by Crippen LogP contribution is -2.30. The van der Waals surface area contributed by atoms with Crippen LogP contribution in [0, 0.1) is 23.7 Å². The van der Waals surface area contributed by atoms with Crippen LogP contribution in [-0.4, -0.2) is 63.9 Å². The van der Waals surface area contributed by atoms with Crippen molar-refractivity contribution in [1.29, 1.82) is 10.7 Å². The van der Waals surface area contributed by atoms with Crippen LogP contribution in [0.25, 0.3) is 11.1 Å². The number of likely N-dealkylation sites (N-methyl/N-ethyl adjacent to an activating group) is 1. The smallest absolute Gasteiger partial charge is 0.272 e. The number of benzene rings is 1. The number of nitrogens with one attached hydrogen (secondary N) is 2. The topological polar surface area (TPSA) is 174 Å². The van der Waals surface area contributed by atoms with E-state index >= 15 is 0 Å². The number of nitrogens with two attached hydrogens (primary N) is 1. The first-order chi connectivity index (χ1) is 17.6. The maximum Gasteiger partial charge on any atom is 0.272 e. The lowest BCUT2D eigenvalue weighted by atomic mass is 9.90. The van der Waals surface area contributed by atoms with Gasteiger partial charge in [0.05, 0.1) is 37.0 Å². The van der Waals surface area contributed by atoms with Gasteiger partial charge in [0, 0.05) is 36.6 Å². The number of carbonyl (C=O) groups excluding carboxylic acids is 1. The number of aliphatic hydroxyl groups excluding tert-OH is 1. The van der Waals surface area contributed by atoms with E-state index in [4.69, 9.17) is 15.9 Å². The lowest BCUT2D eigenvalue weighted by Gasteiger charge is -2.24. The number of nitrogen functional groups attached to an aromatic ring is 1. The molecule has 0 aliphatic rings. The van der Waals surface area contributed by atoms with E-state index in [0.29, 0.717) is 44.9 Å². The first-order valence-corrected chi connectivity index (χ1v) is 11.5. The van der Waals surface area contributed by atoms with Crippen LogP contribution in [0.1, 0.15) is 52.6 Å². The largest absolute Gasteiger partial charge is 0.496 e. The number of nitriles is 1. The highest BCUT2D eigenvalue weighted by Crippen LogP contribution is 2.41. The summed E-state index contributed by atoms with van der Waals surface area (Å²) in [4.78, 5) is 26.6. The van der Waals surface area contributed by atoms with Crippen LogP contribution in [0.2, 0.25) is 0 Å². The zero-order valence-electron chi connectivity index (χ0n) is 21.5. The standard InChI is InChI=1S/C26H30N8O3/c1-14-18(12-27)10-19(16(3)33-25-22(15(2)28)24(29)31-13-32-25)23(37-5)21(14)17-6-7-30-20(11-17)26(36)34(4)8-9-35/h6-7,10-11,13,16,28,35H,8-9H2,1-5H3,(H3,29,31,32,33). The predicted octanol–water partition coefficient (Wildman–Crippen LogP) is 2.93. The maximum atomic E-state index is 12.8. The number of amides is 1. The Morgan fingerprint density at radius 3 is 2.70 bits per heavy atom. The average molecular weight is 503 g/mol. The van der Waals surface area contributed by atoms with Crippen molar-refractivity contribution in [2.24, 2.45) is 0 Å². The highest BCUT2D eigenvalue weighted by molar-refractivity contribution is 6.04. The number of aliphatic hydroxyl groups is 1. The van der Waals surface area contributed by atoms with Gasteiger partial charge in [-0.1, -0.05) is 0 Å². The van der Waals surface area contributed by atoms with E-state index in [1.807, 2.05) is 13.8 Å². The number of pyridine rings is 1. The summed E-state index contributed by atoms with van der Waals surface area (Å²) in [6.45, 7) is 5.31. The second kappa shape index (κ2) is 11.5. The minimum absolute atomic E-state index is 0.162. The molecule has 1 atom stereocenters. The number of nitrogens with zero attached hydrogens (tertiary/aromatic N) is 5. The number of hydrogen-bond donors (Lipinski definition) is 4. The fourth-order valence-electron chi connectivity index (χ4n) is 4.10. The summed E-state index contributed by atoms with van der Waals surface area (Å²) in [7, 11) is 3.13. The van der Waals surface area contributed by atoms with Gasteiger partial charge in [-0.15, -0.1) is 0 Å². The molecule has 2 heterocycles. The Balaban J connectivity index is 2.16. The Hall–Kier alpha value is -4.56. The van der Waals surface area contributed by atoms with Crippen molar-refractivity contribution in [3.63, 3.8) is 0 Å². The predicted molar refractivity (Wildman–Crippen MR) is 141 cm³/mol. The molecule has 0 saturated heterocycles. The van der Waals surface area contributed by atoms with Gasteiger partial charge >= 0.3 is 0 Å². The van der Waals surface area contributed by atoms with Gasteiger partial charge in [0.25, 0.3) is 5.91 Å². The van der Waals surface area contributed by atoms with Crippen molar-refractivity contribution < 1.29 is 14.6 Å². The molecule has 0 aliphatic carbocycles. The van der Waals surface area contributed by atoms with Gasteiger partial charge in [0.15, 0.2) is 0 Å². The highest BCUT2D eigenvalue weighted by atomic mass is 16.5. The van der Waals surface area contributed by atoms with Gasteiger partial charge in [-0.2, -0.15) is 5.26 Å². The summed E-state index contributed by atoms with van der Waals surface area (Å²) in [5, 5.41) is 30.4. The molecule has 0 spiro atoms. The molecular weight excluding hydrogens is 472 g/mol. The summed E-state index contributed by atoms with van der Waals surface area (Å²) in [5.74, 6) is 0.751. The van der Waals surface area contributed by atoms with Crippen molar-refractivity contribution in [1.82, 2.24) is 19.9 Å². The number of aromatic nitrogens is 3. The van der Waals surface area contributed by atoms with Crippen LogP contribution >= 0.6 is 0 Å². The van der Waals surface area contributed by atoms with Gasteiger partial charge in [0.2, 0.25) is 0 Å². The number of hydrogen-bond acceptors (Lipinski definition) is 10. The van der Waals surface area contributed by atoms with Crippen LogP contribution in [0.4, 0.5) is 11.6 Å². The number of ether oxygens (including phenoxy) is 1. The molecule has 11 nitrogen and oxygen atoms in total. The molecule has 2 aromatic heterocycles. The first-order valence-electron chi connectivity index (χ1n) is 11.5. The first kappa shape index (κ1) is 27.0. The van der Waals surface area contributed by atoms with E-state index in [1.165, 1.54) is 17.4 Å². The molecule has 3 aromatic rings. The lowest BCUT2D eigenvalue weighted by molar-refractivity contribution is 0.0761. The molecular formula is C26H30N8O3. The van der Waals surface area contributed by atoms with Crippen molar-refractivity contribution >= 4 is 23.3 Å². The van der Waals surface area contributed by atoms with E-state index in [9.17, 15) is 15.2 Å². The number of anilines is 2. The summed E-state index contributed by atoms with van der Waals surface area (Å²) >= 11 is 0. The number of rotatable bonds is 9. The van der Waals surface area contributed by atoms with Gasteiger partial charge in [-0.3, -0.25) is 9.78 Å². The van der Waals surface area contributed by atoms with E-state index in [2.05, 4.69) is 26.3 Å². The molecule has 0 aliphatic heterocycles. The molecule has 192 valence electrons. The summed E-state index contributed by atoms with van der Waals surface area (Å²) in [6.07, 6.45) is 2.84. The summed E-state index contributed by atoms with van der Waals surface area (Å²) in [6, 6.07) is 6.98. The quantitative estimate of drug-likeness (QED) is 0.321. The minimum atomic E-state index is -0.410. The summed E-state index contributed by atoms with van der Waals surface area (Å²) in [5.41, 5.74) is 9.89. The minimum Gasteiger partial charge on any atom is -0.496 e. The van der Waals surface area contributed by atoms with Crippen LogP contribution in [-0.2, 0) is 0 Å². The number of carbonyl (C=O) groups is 1.